The van der Waals surface area contributed by atoms with Crippen LogP contribution in [0, 0.1) is 0 Å². The van der Waals surface area contributed by atoms with E-state index in [0.29, 0.717) is 12.6 Å². The largest absolute Gasteiger partial charge is 0.303 e. The summed E-state index contributed by atoms with van der Waals surface area (Å²) in [6, 6.07) is 0.440. The van der Waals surface area contributed by atoms with E-state index >= 15 is 0 Å². The second kappa shape index (κ2) is 24.2. The first-order valence-electron chi connectivity index (χ1n) is 11.2. The number of nitrogens with zero attached hydrogens (tertiary/aromatic N) is 1. The van der Waals surface area contributed by atoms with Crippen LogP contribution in [0.1, 0.15) is 110 Å². The van der Waals surface area contributed by atoms with Crippen molar-refractivity contribution in [2.45, 2.75) is 116 Å². The maximum atomic E-state index is 10.1. The molecule has 0 amide bonds. The third-order valence-electron chi connectivity index (χ3n) is 5.36. The summed E-state index contributed by atoms with van der Waals surface area (Å²) in [5, 5.41) is 8.12. The monoisotopic (exact) mass is 564 g/mol. The normalized spacial score (nSPS) is 16.5. The Morgan fingerprint density at radius 1 is 0.926 bits per heavy atom. The van der Waals surface area contributed by atoms with Crippen LogP contribution in [-0.4, -0.2) is 42.7 Å². The molecule has 1 N–H and O–H groups in total. The molecule has 0 spiro atoms. The van der Waals surface area contributed by atoms with Gasteiger partial charge in [-0.05, 0) is 32.9 Å². The molecule has 1 atom stereocenters. The summed E-state index contributed by atoms with van der Waals surface area (Å²) < 4.78 is 0. The second-order valence-electron chi connectivity index (χ2n) is 7.77. The van der Waals surface area contributed by atoms with E-state index in [1.807, 2.05) is 0 Å². The Morgan fingerprint density at radius 3 is 1.78 bits per heavy atom. The number of aldehydes is 1. The van der Waals surface area contributed by atoms with Crippen LogP contribution in [-0.2, 0) is 29.8 Å². The molecule has 0 aromatic rings. The molecule has 0 aliphatic carbocycles. The van der Waals surface area contributed by atoms with E-state index in [-0.39, 0.29) is 20.1 Å². The summed E-state index contributed by atoms with van der Waals surface area (Å²) >= 11 is 0. The van der Waals surface area contributed by atoms with E-state index in [1.54, 1.807) is 0 Å². The van der Waals surface area contributed by atoms with E-state index in [4.69, 9.17) is 5.26 Å². The van der Waals surface area contributed by atoms with Gasteiger partial charge in [0.05, 0.1) is 6.61 Å². The van der Waals surface area contributed by atoms with Gasteiger partial charge in [-0.1, -0.05) is 84.0 Å². The zero-order chi connectivity index (χ0) is 19.3. The fourth-order valence-corrected chi connectivity index (χ4v) is 3.52. The zero-order valence-electron chi connectivity index (χ0n) is 17.9. The van der Waals surface area contributed by atoms with Gasteiger partial charge in [-0.3, -0.25) is 5.26 Å². The molecule has 1 saturated heterocycles. The van der Waals surface area contributed by atoms with Crippen molar-refractivity contribution < 1.29 is 35.0 Å². The average molecular weight is 564 g/mol. The van der Waals surface area contributed by atoms with Gasteiger partial charge in [0, 0.05) is 32.6 Å². The Labute approximate surface area is 182 Å². The van der Waals surface area contributed by atoms with Crippen LogP contribution in [0.5, 0.6) is 0 Å². The van der Waals surface area contributed by atoms with E-state index in [0.717, 1.165) is 32.1 Å². The predicted molar refractivity (Wildman–Crippen MR) is 111 cm³/mol. The number of hydrogen-bond acceptors (Lipinski definition) is 4. The Kier molecular flexibility index (Phi) is 26.4. The van der Waals surface area contributed by atoms with Gasteiger partial charge in [-0.15, -0.1) is 0 Å². The zero-order valence-corrected chi connectivity index (χ0v) is 20.3. The van der Waals surface area contributed by atoms with Crippen molar-refractivity contribution in [3.8, 4) is 0 Å². The summed E-state index contributed by atoms with van der Waals surface area (Å²) in [5.41, 5.74) is 0. The minimum Gasteiger partial charge on any atom is -0.303 e. The van der Waals surface area contributed by atoms with E-state index in [9.17, 15) is 4.79 Å². The molecule has 1 heterocycles. The topological polar surface area (TPSA) is 49.8 Å². The maximum absolute atomic E-state index is 10.1. The molecule has 1 aliphatic rings. The molecule has 1 radical (unpaired) electrons. The molecule has 0 aromatic heterocycles. The molecule has 1 aliphatic heterocycles. The van der Waals surface area contributed by atoms with Crippen molar-refractivity contribution in [3.63, 3.8) is 0 Å². The summed E-state index contributed by atoms with van der Waals surface area (Å²) in [6.07, 6.45) is 22.0. The molecular weight excluding hydrogens is 518 g/mol. The van der Waals surface area contributed by atoms with Crippen molar-refractivity contribution in [3.05, 3.63) is 0 Å². The molecular formula is C22H45IrNO3. The number of carbonyl (C=O) groups is 1. The van der Waals surface area contributed by atoms with Crippen LogP contribution in [0.3, 0.4) is 0 Å². The van der Waals surface area contributed by atoms with Crippen LogP contribution in [0.4, 0.5) is 0 Å². The molecule has 165 valence electrons. The summed E-state index contributed by atoms with van der Waals surface area (Å²) in [4.78, 5) is 16.4. The third kappa shape index (κ3) is 20.7. The minimum atomic E-state index is 0. The summed E-state index contributed by atoms with van der Waals surface area (Å²) in [5.74, 6) is 0. The van der Waals surface area contributed by atoms with E-state index < -0.39 is 0 Å². The van der Waals surface area contributed by atoms with Gasteiger partial charge in [0.1, 0.15) is 6.29 Å². The van der Waals surface area contributed by atoms with Gasteiger partial charge < -0.3 is 9.69 Å². The second-order valence-corrected chi connectivity index (χ2v) is 7.77. The molecule has 1 rings (SSSR count). The van der Waals surface area contributed by atoms with Gasteiger partial charge in [-0.25, -0.2) is 4.89 Å². The van der Waals surface area contributed by atoms with Crippen molar-refractivity contribution in [1.82, 2.24) is 4.90 Å². The third-order valence-corrected chi connectivity index (χ3v) is 5.36. The molecule has 27 heavy (non-hydrogen) atoms. The first kappa shape index (κ1) is 29.4. The van der Waals surface area contributed by atoms with Crippen molar-refractivity contribution in [2.24, 2.45) is 0 Å². The SMILES string of the molecule is CCCCCCCCCCCCCCCC=O.CN1CCCC1COO.[Ir]. The first-order valence-corrected chi connectivity index (χ1v) is 11.2. The fraction of sp³-hybridized carbons (Fsp3) is 0.955. The Bertz CT molecular complexity index is 293. The number of unbranched alkanes of at least 4 members (excludes halogenated alkanes) is 13. The van der Waals surface area contributed by atoms with Gasteiger partial charge in [0.25, 0.3) is 0 Å². The van der Waals surface area contributed by atoms with Crippen LogP contribution in [0.2, 0.25) is 0 Å². The average Bonchev–Trinajstić information content (AvgIpc) is 3.05. The molecule has 5 heteroatoms. The quantitative estimate of drug-likeness (QED) is 0.105. The summed E-state index contributed by atoms with van der Waals surface area (Å²) in [7, 11) is 2.05. The van der Waals surface area contributed by atoms with Crippen LogP contribution < -0.4 is 0 Å². The Balaban J connectivity index is 0. The molecule has 0 saturated carbocycles. The number of rotatable bonds is 16. The van der Waals surface area contributed by atoms with Gasteiger partial charge in [0.15, 0.2) is 0 Å². The predicted octanol–water partition coefficient (Wildman–Crippen LogP) is 6.23. The van der Waals surface area contributed by atoms with E-state index in [2.05, 4.69) is 23.8 Å². The van der Waals surface area contributed by atoms with Crippen LogP contribution >= 0.6 is 0 Å². The molecule has 1 unspecified atom stereocenters. The Morgan fingerprint density at radius 2 is 1.41 bits per heavy atom. The standard InChI is InChI=1S/C16H32O.C6H13NO2.Ir/c1-2-3-4-5-6-7-8-9-10-11-12-13-14-15-16-17;1-7-4-2-3-6(7)5-9-8;/h16H,2-15H2,1H3;6,8H,2-5H2,1H3;. The number of likely N-dealkylation sites (tertiary alicyclic amines) is 1. The number of carbonyl (C=O) groups excluding carboxylic acids is 1. The van der Waals surface area contributed by atoms with Gasteiger partial charge >= 0.3 is 0 Å². The molecule has 4 nitrogen and oxygen atoms in total. The molecule has 0 aromatic carbocycles. The molecule has 1 fully saturated rings. The van der Waals surface area contributed by atoms with Gasteiger partial charge in [0.2, 0.25) is 0 Å². The van der Waals surface area contributed by atoms with Crippen LogP contribution in [0.25, 0.3) is 0 Å². The summed E-state index contributed by atoms with van der Waals surface area (Å²) in [6.45, 7) is 3.86. The maximum Gasteiger partial charge on any atom is 0.119 e. The van der Waals surface area contributed by atoms with Crippen molar-refractivity contribution in [2.75, 3.05) is 20.2 Å². The Hall–Kier alpha value is 0.199. The number of likely N-dealkylation sites (N-methyl/N-ethyl adjacent to an activating group) is 1. The van der Waals surface area contributed by atoms with Crippen molar-refractivity contribution >= 4 is 6.29 Å². The fourth-order valence-electron chi connectivity index (χ4n) is 3.52. The van der Waals surface area contributed by atoms with Crippen LogP contribution in [0.15, 0.2) is 0 Å². The van der Waals surface area contributed by atoms with E-state index in [1.165, 1.54) is 83.5 Å². The first-order chi connectivity index (χ1) is 12.8. The van der Waals surface area contributed by atoms with Crippen molar-refractivity contribution in [1.29, 1.82) is 0 Å². The van der Waals surface area contributed by atoms with Gasteiger partial charge in [-0.2, -0.15) is 0 Å². The molecule has 0 bridgehead atoms. The smallest absolute Gasteiger partial charge is 0.119 e. The minimum absolute atomic E-state index is 0. The number of hydrogen-bond donors (Lipinski definition) is 1.